The molecule has 1 unspecified atom stereocenters. The molecule has 0 amide bonds. The molecule has 1 aromatic rings. The number of likely N-dealkylation sites (N-methyl/N-ethyl adjacent to an activating group) is 1. The van der Waals surface area contributed by atoms with Gasteiger partial charge in [-0.3, -0.25) is 0 Å². The fraction of sp³-hybridized carbons (Fsp3) is 0.500. The van der Waals surface area contributed by atoms with Gasteiger partial charge in [-0.25, -0.2) is 0 Å². The van der Waals surface area contributed by atoms with E-state index in [-0.39, 0.29) is 5.84 Å². The maximum absolute atomic E-state index is 8.71. The summed E-state index contributed by atoms with van der Waals surface area (Å²) in [5.41, 5.74) is 7.22. The molecule has 1 fully saturated rings. The van der Waals surface area contributed by atoms with Gasteiger partial charge in [0.2, 0.25) is 0 Å². The molecule has 0 aromatic heterocycles. The zero-order valence-electron chi connectivity index (χ0n) is 11.9. The molecular weight excluding hydrogens is 276 g/mol. The average molecular weight is 297 g/mol. The number of hydrogen-bond acceptors (Lipinski definition) is 4. The quantitative estimate of drug-likeness (QED) is 0.387. The van der Waals surface area contributed by atoms with Crippen LogP contribution in [0.2, 0.25) is 5.02 Å². The van der Waals surface area contributed by atoms with Gasteiger partial charge in [0.25, 0.3) is 0 Å². The molecule has 1 aromatic carbocycles. The van der Waals surface area contributed by atoms with Gasteiger partial charge >= 0.3 is 0 Å². The minimum atomic E-state index is 0.0337. The number of oxime groups is 1. The van der Waals surface area contributed by atoms with Crippen molar-refractivity contribution in [1.29, 1.82) is 0 Å². The van der Waals surface area contributed by atoms with Crippen molar-refractivity contribution in [2.45, 2.75) is 18.9 Å². The molecule has 0 radical (unpaired) electrons. The minimum Gasteiger partial charge on any atom is -0.409 e. The van der Waals surface area contributed by atoms with Gasteiger partial charge < -0.3 is 20.7 Å². The summed E-state index contributed by atoms with van der Waals surface area (Å²) in [7, 11) is 4.23. The number of benzene rings is 1. The summed E-state index contributed by atoms with van der Waals surface area (Å²) in [6.07, 6.45) is 2.39. The third-order valence-corrected chi connectivity index (χ3v) is 4.14. The van der Waals surface area contributed by atoms with Crippen molar-refractivity contribution >= 4 is 23.1 Å². The molecule has 5 nitrogen and oxygen atoms in total. The Morgan fingerprint density at radius 1 is 1.50 bits per heavy atom. The van der Waals surface area contributed by atoms with Crippen molar-refractivity contribution < 1.29 is 5.21 Å². The van der Waals surface area contributed by atoms with Crippen LogP contribution in [0.25, 0.3) is 0 Å². The SMILES string of the molecule is CN(C)C1CCCN(c2ccc(C(N)=NO)c(Cl)c2)C1. The number of halogens is 1. The number of nitrogens with two attached hydrogens (primary N) is 1. The van der Waals surface area contributed by atoms with E-state index in [2.05, 4.69) is 29.1 Å². The second kappa shape index (κ2) is 6.33. The molecule has 1 saturated heterocycles. The fourth-order valence-corrected chi connectivity index (χ4v) is 2.84. The lowest BCUT2D eigenvalue weighted by atomic mass is 10.0. The topological polar surface area (TPSA) is 65.1 Å². The summed E-state index contributed by atoms with van der Waals surface area (Å²) in [6.45, 7) is 2.02. The Morgan fingerprint density at radius 3 is 2.85 bits per heavy atom. The number of amidine groups is 1. The van der Waals surface area contributed by atoms with Crippen LogP contribution < -0.4 is 10.6 Å². The summed E-state index contributed by atoms with van der Waals surface area (Å²) < 4.78 is 0. The van der Waals surface area contributed by atoms with Crippen LogP contribution in [0.1, 0.15) is 18.4 Å². The lowest BCUT2D eigenvalue weighted by Gasteiger charge is -2.37. The highest BCUT2D eigenvalue weighted by Crippen LogP contribution is 2.26. The molecule has 6 heteroatoms. The van der Waals surface area contributed by atoms with Crippen LogP contribution in [0.15, 0.2) is 23.4 Å². The van der Waals surface area contributed by atoms with Gasteiger partial charge in [-0.15, -0.1) is 0 Å². The molecular formula is C14H21ClN4O. The molecule has 1 aliphatic rings. The predicted molar refractivity (Wildman–Crippen MR) is 82.9 cm³/mol. The van der Waals surface area contributed by atoms with Crippen LogP contribution in [0, 0.1) is 0 Å². The molecule has 0 spiro atoms. The van der Waals surface area contributed by atoms with E-state index in [1.807, 2.05) is 12.1 Å². The van der Waals surface area contributed by atoms with Gasteiger partial charge in [-0.05, 0) is 45.1 Å². The average Bonchev–Trinajstić information content (AvgIpc) is 2.46. The Bertz CT molecular complexity index is 504. The summed E-state index contributed by atoms with van der Waals surface area (Å²) >= 11 is 6.21. The third-order valence-electron chi connectivity index (χ3n) is 3.83. The lowest BCUT2D eigenvalue weighted by Crippen LogP contribution is -2.45. The van der Waals surface area contributed by atoms with Gasteiger partial charge in [-0.2, -0.15) is 0 Å². The Hall–Kier alpha value is -1.46. The zero-order chi connectivity index (χ0) is 14.7. The zero-order valence-corrected chi connectivity index (χ0v) is 12.6. The van der Waals surface area contributed by atoms with E-state index >= 15 is 0 Å². The van der Waals surface area contributed by atoms with E-state index in [0.717, 1.165) is 18.8 Å². The Labute approximate surface area is 124 Å². The first-order valence-corrected chi connectivity index (χ1v) is 7.09. The molecule has 1 heterocycles. The number of hydrogen-bond donors (Lipinski definition) is 2. The molecule has 1 aliphatic heterocycles. The van der Waals surface area contributed by atoms with Gasteiger partial charge in [-0.1, -0.05) is 16.8 Å². The highest BCUT2D eigenvalue weighted by atomic mass is 35.5. The molecule has 0 saturated carbocycles. The number of piperidine rings is 1. The van der Waals surface area contributed by atoms with Crippen molar-refractivity contribution in [2.75, 3.05) is 32.1 Å². The van der Waals surface area contributed by atoms with E-state index in [1.165, 1.54) is 12.8 Å². The number of anilines is 1. The van der Waals surface area contributed by atoms with Crippen molar-refractivity contribution in [2.24, 2.45) is 10.9 Å². The molecule has 2 rings (SSSR count). The van der Waals surface area contributed by atoms with E-state index in [0.29, 0.717) is 16.6 Å². The highest BCUT2D eigenvalue weighted by Gasteiger charge is 2.22. The van der Waals surface area contributed by atoms with E-state index in [4.69, 9.17) is 22.5 Å². The van der Waals surface area contributed by atoms with Gasteiger partial charge in [0.15, 0.2) is 5.84 Å². The molecule has 3 N–H and O–H groups in total. The van der Waals surface area contributed by atoms with Crippen molar-refractivity contribution in [1.82, 2.24) is 4.90 Å². The monoisotopic (exact) mass is 296 g/mol. The number of rotatable bonds is 3. The lowest BCUT2D eigenvalue weighted by molar-refractivity contribution is 0.258. The molecule has 0 bridgehead atoms. The van der Waals surface area contributed by atoms with Gasteiger partial charge in [0, 0.05) is 30.4 Å². The van der Waals surface area contributed by atoms with Crippen LogP contribution in [0.3, 0.4) is 0 Å². The largest absolute Gasteiger partial charge is 0.409 e. The summed E-state index contributed by atoms with van der Waals surface area (Å²) in [6, 6.07) is 6.21. The summed E-state index contributed by atoms with van der Waals surface area (Å²) in [4.78, 5) is 4.59. The van der Waals surface area contributed by atoms with Crippen LogP contribution in [-0.4, -0.2) is 49.2 Å². The normalized spacial score (nSPS) is 20.5. The van der Waals surface area contributed by atoms with Crippen LogP contribution in [-0.2, 0) is 0 Å². The first kappa shape index (κ1) is 14.9. The van der Waals surface area contributed by atoms with Crippen molar-refractivity contribution in [3.05, 3.63) is 28.8 Å². The smallest absolute Gasteiger partial charge is 0.171 e. The number of nitrogens with zero attached hydrogens (tertiary/aromatic N) is 3. The van der Waals surface area contributed by atoms with Gasteiger partial charge in [0.05, 0.1) is 5.02 Å². The van der Waals surface area contributed by atoms with Crippen LogP contribution in [0.4, 0.5) is 5.69 Å². The maximum atomic E-state index is 8.71. The minimum absolute atomic E-state index is 0.0337. The highest BCUT2D eigenvalue weighted by molar-refractivity contribution is 6.34. The Balaban J connectivity index is 2.19. The summed E-state index contributed by atoms with van der Waals surface area (Å²) in [5.74, 6) is 0.0337. The summed E-state index contributed by atoms with van der Waals surface area (Å²) in [5, 5.41) is 12.2. The van der Waals surface area contributed by atoms with E-state index in [9.17, 15) is 0 Å². The van der Waals surface area contributed by atoms with Crippen molar-refractivity contribution in [3.8, 4) is 0 Å². The van der Waals surface area contributed by atoms with Gasteiger partial charge in [0.1, 0.15) is 0 Å². The third kappa shape index (κ3) is 3.16. The second-order valence-corrected chi connectivity index (χ2v) is 5.76. The Kier molecular flexibility index (Phi) is 4.73. The Morgan fingerprint density at radius 2 is 2.25 bits per heavy atom. The van der Waals surface area contributed by atoms with E-state index in [1.54, 1.807) is 6.07 Å². The second-order valence-electron chi connectivity index (χ2n) is 5.36. The maximum Gasteiger partial charge on any atom is 0.171 e. The van der Waals surface area contributed by atoms with Crippen LogP contribution >= 0.6 is 11.6 Å². The predicted octanol–water partition coefficient (Wildman–Crippen LogP) is 1.96. The van der Waals surface area contributed by atoms with E-state index < -0.39 is 0 Å². The first-order valence-electron chi connectivity index (χ1n) is 6.71. The molecule has 1 atom stereocenters. The van der Waals surface area contributed by atoms with Crippen LogP contribution in [0.5, 0.6) is 0 Å². The molecule has 110 valence electrons. The van der Waals surface area contributed by atoms with Crippen molar-refractivity contribution in [3.63, 3.8) is 0 Å². The molecule has 20 heavy (non-hydrogen) atoms. The standard InChI is InChI=1S/C14H21ClN4O/c1-18(2)11-4-3-7-19(9-11)10-5-6-12(13(15)8-10)14(16)17-20/h5-6,8,11,20H,3-4,7,9H2,1-2H3,(H2,16,17). The molecule has 0 aliphatic carbocycles. The first-order chi connectivity index (χ1) is 9.52. The fourth-order valence-electron chi connectivity index (χ4n) is 2.57.